The van der Waals surface area contributed by atoms with Crippen molar-refractivity contribution in [2.24, 2.45) is 0 Å². The summed E-state index contributed by atoms with van der Waals surface area (Å²) in [5, 5.41) is 2.11. The summed E-state index contributed by atoms with van der Waals surface area (Å²) in [5.41, 5.74) is 0.344. The minimum Gasteiger partial charge on any atom is -0.454 e. The van der Waals surface area contributed by atoms with E-state index in [1.165, 1.54) is 25.1 Å². The van der Waals surface area contributed by atoms with Crippen LogP contribution in [-0.4, -0.2) is 50.3 Å². The van der Waals surface area contributed by atoms with Gasteiger partial charge in [-0.25, -0.2) is 14.4 Å². The van der Waals surface area contributed by atoms with Crippen LogP contribution < -0.4 is 10.1 Å². The Morgan fingerprint density at radius 3 is 2.31 bits per heavy atom. The van der Waals surface area contributed by atoms with Crippen molar-refractivity contribution >= 4 is 29.8 Å². The maximum atomic E-state index is 12.3. The molecule has 0 aliphatic carbocycles. The highest BCUT2D eigenvalue weighted by Gasteiger charge is 2.32. The number of alkyl halides is 3. The van der Waals surface area contributed by atoms with Crippen LogP contribution in [-0.2, 0) is 25.4 Å². The van der Waals surface area contributed by atoms with Gasteiger partial charge in [-0.2, -0.15) is 13.2 Å². The van der Waals surface area contributed by atoms with Crippen molar-refractivity contribution in [1.82, 2.24) is 5.32 Å². The molecule has 0 aliphatic heterocycles. The molecule has 0 heterocycles. The number of amides is 1. The second kappa shape index (κ2) is 11.3. The van der Waals surface area contributed by atoms with Gasteiger partial charge in [0.25, 0.3) is 0 Å². The monoisotopic (exact) mass is 441 g/mol. The molecule has 1 unspecified atom stereocenters. The zero-order valence-corrected chi connectivity index (χ0v) is 16.3. The lowest BCUT2D eigenvalue weighted by Crippen LogP contribution is -2.44. The van der Waals surface area contributed by atoms with E-state index in [1.807, 2.05) is 0 Å². The zero-order valence-electron chi connectivity index (χ0n) is 15.5. The van der Waals surface area contributed by atoms with Gasteiger partial charge in [0, 0.05) is 6.42 Å². The molecule has 1 amide bonds. The molecule has 0 radical (unpaired) electrons. The summed E-state index contributed by atoms with van der Waals surface area (Å²) in [4.78, 5) is 34.9. The van der Waals surface area contributed by atoms with Gasteiger partial charge in [0.05, 0.1) is 18.2 Å². The van der Waals surface area contributed by atoms with Gasteiger partial charge in [0.15, 0.2) is 12.4 Å². The molecule has 1 rings (SSSR count). The summed E-state index contributed by atoms with van der Waals surface area (Å²) in [6, 6.07) is 2.55. The molecule has 0 fully saturated rings. The van der Waals surface area contributed by atoms with E-state index in [9.17, 15) is 27.6 Å². The molecule has 162 valence electrons. The van der Waals surface area contributed by atoms with E-state index in [1.54, 1.807) is 6.92 Å². The van der Waals surface area contributed by atoms with Crippen LogP contribution in [0, 0.1) is 0 Å². The van der Waals surface area contributed by atoms with Crippen molar-refractivity contribution in [2.45, 2.75) is 32.5 Å². The fourth-order valence-electron chi connectivity index (χ4n) is 1.99. The van der Waals surface area contributed by atoms with Gasteiger partial charge in [-0.1, -0.05) is 17.7 Å². The Bertz CT molecular complexity index is 727. The molecule has 0 aliphatic rings. The molecule has 0 saturated carbocycles. The number of hydrogen-bond acceptors (Lipinski definition) is 7. The van der Waals surface area contributed by atoms with Crippen molar-refractivity contribution in [1.29, 1.82) is 0 Å². The van der Waals surface area contributed by atoms with Crippen molar-refractivity contribution < 1.29 is 46.5 Å². The number of ether oxygens (including phenoxy) is 4. The summed E-state index contributed by atoms with van der Waals surface area (Å²) in [6.07, 6.45) is -6.96. The van der Waals surface area contributed by atoms with E-state index in [4.69, 9.17) is 16.3 Å². The van der Waals surface area contributed by atoms with Crippen LogP contribution >= 0.6 is 11.6 Å². The molecule has 0 saturated heterocycles. The van der Waals surface area contributed by atoms with Crippen molar-refractivity contribution in [2.75, 3.05) is 19.8 Å². The van der Waals surface area contributed by atoms with Crippen molar-refractivity contribution in [3.05, 3.63) is 28.8 Å². The fraction of sp³-hybridized carbons (Fsp3) is 0.471. The minimum absolute atomic E-state index is 0.0120. The van der Waals surface area contributed by atoms with E-state index in [0.29, 0.717) is 5.56 Å². The van der Waals surface area contributed by atoms with E-state index in [2.05, 4.69) is 19.5 Å². The molecule has 1 aromatic rings. The van der Waals surface area contributed by atoms with Gasteiger partial charge in [0.1, 0.15) is 6.04 Å². The molecule has 1 atom stereocenters. The number of rotatable bonds is 8. The third-order valence-electron chi connectivity index (χ3n) is 3.12. The summed E-state index contributed by atoms with van der Waals surface area (Å²) >= 11 is 6.00. The molecule has 0 spiro atoms. The lowest BCUT2D eigenvalue weighted by Gasteiger charge is -2.18. The average Bonchev–Trinajstić information content (AvgIpc) is 2.61. The van der Waals surface area contributed by atoms with Crippen LogP contribution in [0.15, 0.2) is 18.2 Å². The van der Waals surface area contributed by atoms with Crippen LogP contribution in [0.5, 0.6) is 5.75 Å². The Morgan fingerprint density at radius 2 is 1.76 bits per heavy atom. The molecule has 12 heteroatoms. The predicted octanol–water partition coefficient (Wildman–Crippen LogP) is 3.64. The number of alkyl carbamates (subject to hydrolysis) is 1. The van der Waals surface area contributed by atoms with Crippen LogP contribution in [0.25, 0.3) is 0 Å². The van der Waals surface area contributed by atoms with E-state index < -0.39 is 37.0 Å². The third kappa shape index (κ3) is 9.37. The first-order valence-electron chi connectivity index (χ1n) is 8.35. The van der Waals surface area contributed by atoms with Crippen molar-refractivity contribution in [3.63, 3.8) is 0 Å². The standard InChI is InChI=1S/C17H19ClF3NO7/c1-3-26-15(24)22-12(14(23)28-9-17(19,20)21)8-10-5-6-13(11(18)7-10)29-16(25)27-4-2/h5-7,12H,3-4,8-9H2,1-2H3,(H,22,24). The number of nitrogens with one attached hydrogen (secondary N) is 1. The van der Waals surface area contributed by atoms with E-state index in [-0.39, 0.29) is 30.4 Å². The van der Waals surface area contributed by atoms with Gasteiger partial charge >= 0.3 is 24.4 Å². The lowest BCUT2D eigenvalue weighted by atomic mass is 10.1. The highest BCUT2D eigenvalue weighted by atomic mass is 35.5. The number of hydrogen-bond donors (Lipinski definition) is 1. The molecule has 8 nitrogen and oxygen atoms in total. The predicted molar refractivity (Wildman–Crippen MR) is 93.8 cm³/mol. The molecular weight excluding hydrogens is 423 g/mol. The average molecular weight is 442 g/mol. The quantitative estimate of drug-likeness (QED) is 0.373. The molecular formula is C17H19ClF3NO7. The Labute approximate surface area is 169 Å². The maximum Gasteiger partial charge on any atom is 0.513 e. The van der Waals surface area contributed by atoms with Gasteiger partial charge in [-0.15, -0.1) is 0 Å². The SMILES string of the molecule is CCOC(=O)NC(Cc1ccc(OC(=O)OCC)c(Cl)c1)C(=O)OCC(F)(F)F. The van der Waals surface area contributed by atoms with Crippen LogP contribution in [0.3, 0.4) is 0 Å². The fourth-order valence-corrected chi connectivity index (χ4v) is 2.23. The Hall–Kier alpha value is -2.69. The second-order valence-electron chi connectivity index (χ2n) is 5.39. The van der Waals surface area contributed by atoms with Crippen LogP contribution in [0.2, 0.25) is 5.02 Å². The largest absolute Gasteiger partial charge is 0.513 e. The number of carbonyl (C=O) groups excluding carboxylic acids is 3. The summed E-state index contributed by atoms with van der Waals surface area (Å²) < 4.78 is 55.2. The number of esters is 1. The summed E-state index contributed by atoms with van der Waals surface area (Å²) in [7, 11) is 0. The zero-order chi connectivity index (χ0) is 22.0. The normalized spacial score (nSPS) is 11.9. The van der Waals surface area contributed by atoms with Crippen molar-refractivity contribution in [3.8, 4) is 5.75 Å². The van der Waals surface area contributed by atoms with E-state index >= 15 is 0 Å². The first kappa shape index (κ1) is 24.3. The molecule has 29 heavy (non-hydrogen) atoms. The van der Waals surface area contributed by atoms with Gasteiger partial charge in [-0.3, -0.25) is 0 Å². The molecule has 1 N–H and O–H groups in total. The molecule has 1 aromatic carbocycles. The van der Waals surface area contributed by atoms with Crippen LogP contribution in [0.4, 0.5) is 22.8 Å². The Kier molecular flexibility index (Phi) is 9.53. The van der Waals surface area contributed by atoms with Gasteiger partial charge in [-0.05, 0) is 31.5 Å². The third-order valence-corrected chi connectivity index (χ3v) is 3.42. The number of benzene rings is 1. The Balaban J connectivity index is 2.91. The second-order valence-corrected chi connectivity index (χ2v) is 5.80. The first-order valence-corrected chi connectivity index (χ1v) is 8.73. The highest BCUT2D eigenvalue weighted by molar-refractivity contribution is 6.32. The number of halogens is 4. The highest BCUT2D eigenvalue weighted by Crippen LogP contribution is 2.26. The number of carbonyl (C=O) groups is 3. The molecule has 0 bridgehead atoms. The Morgan fingerprint density at radius 1 is 1.10 bits per heavy atom. The maximum absolute atomic E-state index is 12.3. The van der Waals surface area contributed by atoms with Crippen LogP contribution in [0.1, 0.15) is 19.4 Å². The summed E-state index contributed by atoms with van der Waals surface area (Å²) in [6.45, 7) is 1.37. The molecule has 0 aromatic heterocycles. The van der Waals surface area contributed by atoms with Gasteiger partial charge in [0.2, 0.25) is 0 Å². The first-order chi connectivity index (χ1) is 13.6. The smallest absolute Gasteiger partial charge is 0.454 e. The van der Waals surface area contributed by atoms with Gasteiger partial charge < -0.3 is 24.3 Å². The topological polar surface area (TPSA) is 100 Å². The minimum atomic E-state index is -4.72. The lowest BCUT2D eigenvalue weighted by molar-refractivity contribution is -0.187. The summed E-state index contributed by atoms with van der Waals surface area (Å²) in [5.74, 6) is -1.33. The van der Waals surface area contributed by atoms with E-state index in [0.717, 1.165) is 0 Å².